The molecule has 1 saturated heterocycles. The van der Waals surface area contributed by atoms with E-state index >= 15 is 0 Å². The number of piperidine rings is 1. The SMILES string of the molecule is C=N/C(=N\C=C(/C)c1cc(-c2ccccn2)c2sc(NC(=O)NCC)nc2c1)C1(O)CCN(C)CC1. The van der Waals surface area contributed by atoms with Gasteiger partial charge in [-0.15, -0.1) is 0 Å². The summed E-state index contributed by atoms with van der Waals surface area (Å²) in [6.07, 6.45) is 4.58. The van der Waals surface area contributed by atoms with Gasteiger partial charge in [-0.3, -0.25) is 10.3 Å². The number of nitrogens with zero attached hydrogens (tertiary/aromatic N) is 5. The summed E-state index contributed by atoms with van der Waals surface area (Å²) < 4.78 is 0.926. The van der Waals surface area contributed by atoms with Gasteiger partial charge in [0.15, 0.2) is 11.0 Å². The number of benzene rings is 1. The highest BCUT2D eigenvalue weighted by Gasteiger charge is 2.36. The van der Waals surface area contributed by atoms with E-state index in [4.69, 9.17) is 0 Å². The Morgan fingerprint density at radius 1 is 1.33 bits per heavy atom. The van der Waals surface area contributed by atoms with Crippen molar-refractivity contribution in [3.8, 4) is 11.3 Å². The number of carbonyl (C=O) groups excluding carboxylic acids is 1. The monoisotopic (exact) mass is 505 g/mol. The number of hydrogen-bond acceptors (Lipinski definition) is 7. The molecule has 10 heteroatoms. The Hall–Kier alpha value is -3.47. The third kappa shape index (κ3) is 5.67. The van der Waals surface area contributed by atoms with E-state index in [-0.39, 0.29) is 6.03 Å². The normalized spacial score (nSPS) is 16.7. The summed E-state index contributed by atoms with van der Waals surface area (Å²) in [5.41, 5.74) is 3.17. The van der Waals surface area contributed by atoms with Gasteiger partial charge in [-0.05, 0) is 75.9 Å². The van der Waals surface area contributed by atoms with E-state index in [2.05, 4.69) is 42.2 Å². The molecule has 1 aliphatic rings. The maximum Gasteiger partial charge on any atom is 0.321 e. The summed E-state index contributed by atoms with van der Waals surface area (Å²) in [4.78, 5) is 32.0. The van der Waals surface area contributed by atoms with Crippen molar-refractivity contribution in [2.24, 2.45) is 9.98 Å². The number of urea groups is 1. The molecule has 1 aliphatic heterocycles. The zero-order valence-electron chi connectivity index (χ0n) is 20.8. The second-order valence-corrected chi connectivity index (χ2v) is 9.85. The Kier molecular flexibility index (Phi) is 7.88. The number of nitrogens with one attached hydrogen (secondary N) is 2. The van der Waals surface area contributed by atoms with Crippen LogP contribution in [0.4, 0.5) is 9.93 Å². The molecule has 188 valence electrons. The predicted octanol–water partition coefficient (Wildman–Crippen LogP) is 4.42. The third-order valence-electron chi connectivity index (χ3n) is 6.20. The number of aromatic nitrogens is 2. The van der Waals surface area contributed by atoms with E-state index in [0.29, 0.717) is 30.4 Å². The Morgan fingerprint density at radius 3 is 2.78 bits per heavy atom. The lowest BCUT2D eigenvalue weighted by molar-refractivity contribution is 0.0428. The van der Waals surface area contributed by atoms with Crippen molar-refractivity contribution in [3.05, 3.63) is 48.3 Å². The van der Waals surface area contributed by atoms with Crippen molar-refractivity contribution in [2.75, 3.05) is 32.0 Å². The van der Waals surface area contributed by atoms with Crippen LogP contribution in [0.1, 0.15) is 32.3 Å². The van der Waals surface area contributed by atoms with Gasteiger partial charge in [0.25, 0.3) is 0 Å². The quantitative estimate of drug-likeness (QED) is 0.339. The molecule has 1 fully saturated rings. The average molecular weight is 506 g/mol. The van der Waals surface area contributed by atoms with Gasteiger partial charge in [-0.2, -0.15) is 0 Å². The molecule has 9 nitrogen and oxygen atoms in total. The highest BCUT2D eigenvalue weighted by molar-refractivity contribution is 7.22. The van der Waals surface area contributed by atoms with Crippen molar-refractivity contribution in [1.82, 2.24) is 20.2 Å². The van der Waals surface area contributed by atoms with E-state index in [9.17, 15) is 9.90 Å². The van der Waals surface area contributed by atoms with Crippen LogP contribution < -0.4 is 10.6 Å². The topological polar surface area (TPSA) is 115 Å². The minimum Gasteiger partial charge on any atom is -0.382 e. The number of allylic oxidation sites excluding steroid dienone is 1. The number of thiazole rings is 1. The van der Waals surface area contributed by atoms with E-state index in [1.54, 1.807) is 12.4 Å². The number of rotatable bonds is 6. The van der Waals surface area contributed by atoms with Gasteiger partial charge >= 0.3 is 6.03 Å². The van der Waals surface area contributed by atoms with Crippen LogP contribution >= 0.6 is 11.3 Å². The molecule has 0 bridgehead atoms. The summed E-state index contributed by atoms with van der Waals surface area (Å²) in [6, 6.07) is 9.47. The number of aliphatic hydroxyl groups is 1. The van der Waals surface area contributed by atoms with Gasteiger partial charge in [-0.1, -0.05) is 17.4 Å². The van der Waals surface area contributed by atoms with Gasteiger partial charge in [0, 0.05) is 37.6 Å². The minimum absolute atomic E-state index is 0.294. The fraction of sp³-hybridized carbons (Fsp3) is 0.346. The number of amides is 2. The molecule has 0 radical (unpaired) electrons. The van der Waals surface area contributed by atoms with Crippen LogP contribution in [0, 0.1) is 0 Å². The molecule has 36 heavy (non-hydrogen) atoms. The minimum atomic E-state index is -1.08. The molecule has 0 aliphatic carbocycles. The van der Waals surface area contributed by atoms with Gasteiger partial charge in [0.2, 0.25) is 0 Å². The predicted molar refractivity (Wildman–Crippen MR) is 148 cm³/mol. The van der Waals surface area contributed by atoms with Crippen LogP contribution in [0.3, 0.4) is 0 Å². The molecule has 0 saturated carbocycles. The summed E-state index contributed by atoms with van der Waals surface area (Å²) >= 11 is 1.40. The first kappa shape index (κ1) is 25.6. The number of aliphatic imine (C=N–C) groups is 2. The molecular weight excluding hydrogens is 474 g/mol. The first-order valence-electron chi connectivity index (χ1n) is 11.9. The largest absolute Gasteiger partial charge is 0.382 e. The molecule has 3 N–H and O–H groups in total. The first-order chi connectivity index (χ1) is 17.3. The third-order valence-corrected chi connectivity index (χ3v) is 7.22. The lowest BCUT2D eigenvalue weighted by atomic mass is 9.90. The molecule has 2 amide bonds. The zero-order valence-corrected chi connectivity index (χ0v) is 21.6. The Morgan fingerprint density at radius 2 is 2.11 bits per heavy atom. The fourth-order valence-corrected chi connectivity index (χ4v) is 5.04. The number of carbonyl (C=O) groups is 1. The number of hydrogen-bond donors (Lipinski definition) is 3. The summed E-state index contributed by atoms with van der Waals surface area (Å²) in [6.45, 7) is 9.53. The molecule has 3 aromatic rings. The van der Waals surface area contributed by atoms with Gasteiger partial charge in [0.05, 0.1) is 15.9 Å². The summed E-state index contributed by atoms with van der Waals surface area (Å²) in [5.74, 6) is 0.336. The van der Waals surface area contributed by atoms with Crippen LogP contribution in [0.25, 0.3) is 27.0 Å². The van der Waals surface area contributed by atoms with Crippen molar-refractivity contribution in [3.63, 3.8) is 0 Å². The lowest BCUT2D eigenvalue weighted by Gasteiger charge is -2.35. The van der Waals surface area contributed by atoms with E-state index in [0.717, 1.165) is 45.7 Å². The number of pyridine rings is 1. The highest BCUT2D eigenvalue weighted by Crippen LogP contribution is 2.37. The molecule has 2 aromatic heterocycles. The first-order valence-corrected chi connectivity index (χ1v) is 12.7. The molecular formula is C26H31N7O2S. The second kappa shape index (κ2) is 11.1. The smallest absolute Gasteiger partial charge is 0.321 e. The van der Waals surface area contributed by atoms with Crippen LogP contribution in [0.5, 0.6) is 0 Å². The van der Waals surface area contributed by atoms with E-state index < -0.39 is 5.60 Å². The standard InChI is InChI=1S/C26H31N7O2S/c1-5-28-24(34)32-25-31-21-15-18(14-19(22(21)36-25)20-8-6-7-11-29-20)17(2)16-30-23(27-3)26(35)9-12-33(4)13-10-26/h6-8,11,14-16,35H,3,5,9-10,12-13H2,1-2,4H3,(H2,28,31,32,34)/b17-16+,30-23-. The van der Waals surface area contributed by atoms with Crippen molar-refractivity contribution in [2.45, 2.75) is 32.3 Å². The lowest BCUT2D eigenvalue weighted by Crippen LogP contribution is -2.47. The van der Waals surface area contributed by atoms with Gasteiger partial charge in [-0.25, -0.2) is 19.8 Å². The highest BCUT2D eigenvalue weighted by atomic mass is 32.1. The number of likely N-dealkylation sites (tertiary alicyclic amines) is 1. The van der Waals surface area contributed by atoms with Crippen molar-refractivity contribution in [1.29, 1.82) is 0 Å². The van der Waals surface area contributed by atoms with Crippen LogP contribution in [0.2, 0.25) is 0 Å². The zero-order chi connectivity index (χ0) is 25.7. The number of anilines is 1. The molecule has 1 aromatic carbocycles. The number of fused-ring (bicyclic) bond motifs is 1. The van der Waals surface area contributed by atoms with Gasteiger partial charge in [0.1, 0.15) is 5.60 Å². The maximum atomic E-state index is 12.0. The Balaban J connectivity index is 1.73. The summed E-state index contributed by atoms with van der Waals surface area (Å²) in [7, 11) is 2.03. The van der Waals surface area contributed by atoms with Crippen molar-refractivity contribution >= 4 is 50.8 Å². The Labute approximate surface area is 214 Å². The Bertz CT molecular complexity index is 1310. The average Bonchev–Trinajstić information content (AvgIpc) is 3.28. The van der Waals surface area contributed by atoms with Crippen LogP contribution in [-0.2, 0) is 0 Å². The van der Waals surface area contributed by atoms with Crippen LogP contribution in [-0.4, -0.2) is 70.8 Å². The molecule has 0 unspecified atom stereocenters. The van der Waals surface area contributed by atoms with Crippen LogP contribution in [0.15, 0.2) is 52.7 Å². The molecule has 0 atom stereocenters. The van der Waals surface area contributed by atoms with Crippen molar-refractivity contribution < 1.29 is 9.90 Å². The molecule has 3 heterocycles. The number of amidine groups is 1. The van der Waals surface area contributed by atoms with E-state index in [1.165, 1.54) is 11.3 Å². The fourth-order valence-electron chi connectivity index (χ4n) is 4.08. The molecule has 0 spiro atoms. The van der Waals surface area contributed by atoms with Gasteiger partial charge < -0.3 is 15.3 Å². The summed E-state index contributed by atoms with van der Waals surface area (Å²) in [5, 5.41) is 17.1. The second-order valence-electron chi connectivity index (χ2n) is 8.85. The van der Waals surface area contributed by atoms with E-state index in [1.807, 2.05) is 51.2 Å². The molecule has 4 rings (SSSR count). The maximum absolute atomic E-state index is 12.0.